The zero-order chi connectivity index (χ0) is 46.4. The molecule has 1 aliphatic heterocycles. The van der Waals surface area contributed by atoms with E-state index in [2.05, 4.69) is 200 Å². The molecule has 10 heteroatoms. The monoisotopic (exact) mass is 863 g/mol. The summed E-state index contributed by atoms with van der Waals surface area (Å²) in [6.07, 6.45) is 13.4. The molecule has 0 atom stereocenters. The van der Waals surface area contributed by atoms with E-state index in [0.717, 1.165) is 52.2 Å². The van der Waals surface area contributed by atoms with E-state index in [1.54, 1.807) is 4.68 Å². The number of rotatable bonds is 2. The number of imidazole rings is 2. The van der Waals surface area contributed by atoms with Crippen LogP contribution in [0.2, 0.25) is 0 Å². The lowest BCUT2D eigenvalue weighted by Gasteiger charge is -2.37. The maximum atomic E-state index is 4.67. The lowest BCUT2D eigenvalue weighted by atomic mass is 9.87. The van der Waals surface area contributed by atoms with Crippen LogP contribution in [-0.2, 0) is 35.8 Å². The predicted octanol–water partition coefficient (Wildman–Crippen LogP) is 12.4. The van der Waals surface area contributed by atoms with Crippen LogP contribution in [0.5, 0.6) is 0 Å². The number of fused-ring (bicyclic) bond motifs is 4. The summed E-state index contributed by atoms with van der Waals surface area (Å²) in [5, 5.41) is 6.60. The van der Waals surface area contributed by atoms with Gasteiger partial charge in [-0.15, -0.1) is 0 Å². The van der Waals surface area contributed by atoms with E-state index in [-0.39, 0.29) is 21.7 Å². The lowest BCUT2D eigenvalue weighted by Crippen LogP contribution is -2.44. The molecule has 10 rings (SSSR count). The van der Waals surface area contributed by atoms with Crippen molar-refractivity contribution in [2.24, 2.45) is 14.1 Å². The van der Waals surface area contributed by atoms with E-state index in [9.17, 15) is 0 Å². The first kappa shape index (κ1) is 46.6. The smallest absolute Gasteiger partial charge is 0.181 e. The van der Waals surface area contributed by atoms with Crippen LogP contribution in [0.4, 0.5) is 0 Å². The highest BCUT2D eigenvalue weighted by Crippen LogP contribution is 2.34. The largest absolute Gasteiger partial charge is 0.336 e. The fraction of sp³-hybridized carbons (Fsp3) is 0.500. The average molecular weight is 863 g/mol. The molecule has 8 aromatic rings. The fourth-order valence-corrected chi connectivity index (χ4v) is 8.58. The van der Waals surface area contributed by atoms with Crippen molar-refractivity contribution in [3.63, 3.8) is 0 Å². The molecule has 0 N–H and O–H groups in total. The zero-order valence-electron chi connectivity index (χ0n) is 41.5. The van der Waals surface area contributed by atoms with Crippen LogP contribution in [0.15, 0.2) is 91.8 Å². The summed E-state index contributed by atoms with van der Waals surface area (Å²) in [6.45, 7) is 28.9. The standard InChI is InChI=1S/C16H22N2.C15H21N3.C12H16N2.C11H15N3/c1-16(2,3)12-8-9-14-15(10-12)18(11-17-14)13-6-4-5-7-13;1-15(2,3)11-5-6-13-14(7-11)18(10-16-13)12-8-17(4)9-12;1-12(2,3)10-6-5-9-7-8-14(4)11(9)13-10;1-11(2,3)9-6-5-8-7-14(4)13-10(8)12-9/h8-11,13H,4-7H2,1-3H3;5-7,10,12H,8-9H2,1-4H3;5-8H,1-4H3;5-7H,1-4H3. The summed E-state index contributed by atoms with van der Waals surface area (Å²) in [4.78, 5) is 20.6. The molecule has 64 heavy (non-hydrogen) atoms. The summed E-state index contributed by atoms with van der Waals surface area (Å²) in [5.41, 5.74) is 12.4. The van der Waals surface area contributed by atoms with E-state index in [1.807, 2.05) is 39.1 Å². The molecule has 340 valence electrons. The van der Waals surface area contributed by atoms with Crippen LogP contribution in [-0.4, -0.2) is 68.5 Å². The third-order valence-electron chi connectivity index (χ3n) is 12.8. The highest BCUT2D eigenvalue weighted by atomic mass is 15.3. The first-order chi connectivity index (χ1) is 30.0. The van der Waals surface area contributed by atoms with Crippen LogP contribution in [0.25, 0.3) is 44.1 Å². The normalized spacial score (nSPS) is 15.5. The number of benzene rings is 2. The Morgan fingerprint density at radius 2 is 1.03 bits per heavy atom. The molecule has 0 spiro atoms. The van der Waals surface area contributed by atoms with Gasteiger partial charge in [-0.05, 0) is 96.4 Å². The van der Waals surface area contributed by atoms with Crippen molar-refractivity contribution in [1.82, 2.24) is 48.3 Å². The summed E-state index contributed by atoms with van der Waals surface area (Å²) in [7, 11) is 6.11. The third-order valence-corrected chi connectivity index (χ3v) is 12.8. The number of pyridine rings is 2. The molecular formula is C54H74N10. The van der Waals surface area contributed by atoms with Gasteiger partial charge in [0.1, 0.15) is 5.65 Å². The molecule has 7 heterocycles. The highest BCUT2D eigenvalue weighted by molar-refractivity contribution is 5.78. The van der Waals surface area contributed by atoms with Gasteiger partial charge in [-0.25, -0.2) is 19.9 Å². The van der Waals surface area contributed by atoms with Crippen LogP contribution < -0.4 is 0 Å². The second-order valence-corrected chi connectivity index (χ2v) is 22.5. The molecule has 1 saturated heterocycles. The minimum absolute atomic E-state index is 0.0890. The Kier molecular flexibility index (Phi) is 13.0. The average Bonchev–Trinajstić information content (AvgIpc) is 4.06. The first-order valence-electron chi connectivity index (χ1n) is 23.3. The SMILES string of the molecule is CC(C)(C)c1ccc2ncn(C3CCCC3)c2c1.CN1CC(n2cnc3ccc(C(C)(C)C)cc32)C1.Cn1cc2ccc(C(C)(C)C)nc2n1.Cn1ccc2ccc(C(C)(C)C)nc21. The maximum absolute atomic E-state index is 4.67. The fourth-order valence-electron chi connectivity index (χ4n) is 8.58. The van der Waals surface area contributed by atoms with Gasteiger partial charge in [0.2, 0.25) is 0 Å². The number of aromatic nitrogens is 9. The second-order valence-electron chi connectivity index (χ2n) is 22.5. The minimum atomic E-state index is 0.0890. The van der Waals surface area contributed by atoms with E-state index in [0.29, 0.717) is 12.1 Å². The summed E-state index contributed by atoms with van der Waals surface area (Å²) in [5.74, 6) is 0. The van der Waals surface area contributed by atoms with Gasteiger partial charge in [0.05, 0.1) is 40.8 Å². The molecule has 1 aliphatic carbocycles. The van der Waals surface area contributed by atoms with E-state index >= 15 is 0 Å². The molecule has 2 aromatic carbocycles. The van der Waals surface area contributed by atoms with Crippen molar-refractivity contribution in [2.75, 3.05) is 20.1 Å². The molecule has 6 aromatic heterocycles. The number of hydrogen-bond donors (Lipinski definition) is 0. The van der Waals surface area contributed by atoms with Gasteiger partial charge in [0.15, 0.2) is 5.65 Å². The quantitative estimate of drug-likeness (QED) is 0.172. The van der Waals surface area contributed by atoms with Crippen LogP contribution >= 0.6 is 0 Å². The van der Waals surface area contributed by atoms with Crippen molar-refractivity contribution < 1.29 is 0 Å². The van der Waals surface area contributed by atoms with E-state index in [4.69, 9.17) is 0 Å². The van der Waals surface area contributed by atoms with Crippen LogP contribution in [0, 0.1) is 0 Å². The Balaban J connectivity index is 0.000000129. The maximum Gasteiger partial charge on any atom is 0.181 e. The van der Waals surface area contributed by atoms with Gasteiger partial charge in [0.25, 0.3) is 0 Å². The highest BCUT2D eigenvalue weighted by Gasteiger charge is 2.27. The Labute approximate surface area is 382 Å². The summed E-state index contributed by atoms with van der Waals surface area (Å²) in [6, 6.07) is 25.1. The number of likely N-dealkylation sites (N-methyl/N-ethyl adjacent to an activating group) is 1. The molecule has 2 fully saturated rings. The second kappa shape index (κ2) is 17.9. The van der Waals surface area contributed by atoms with Crippen molar-refractivity contribution in [3.8, 4) is 0 Å². The predicted molar refractivity (Wildman–Crippen MR) is 268 cm³/mol. The Hall–Kier alpha value is -5.35. The number of hydrogen-bond acceptors (Lipinski definition) is 6. The van der Waals surface area contributed by atoms with Gasteiger partial charge in [0, 0.05) is 78.6 Å². The van der Waals surface area contributed by atoms with Gasteiger partial charge in [-0.1, -0.05) is 108 Å². The first-order valence-corrected chi connectivity index (χ1v) is 23.3. The Morgan fingerprint density at radius 1 is 0.531 bits per heavy atom. The van der Waals surface area contributed by atoms with Gasteiger partial charge in [-0.2, -0.15) is 5.10 Å². The molecule has 0 amide bonds. The van der Waals surface area contributed by atoms with Gasteiger partial charge >= 0.3 is 0 Å². The Morgan fingerprint density at radius 3 is 1.53 bits per heavy atom. The minimum Gasteiger partial charge on any atom is -0.336 e. The van der Waals surface area contributed by atoms with Crippen molar-refractivity contribution in [1.29, 1.82) is 0 Å². The molecule has 0 bridgehead atoms. The zero-order valence-corrected chi connectivity index (χ0v) is 41.5. The molecule has 0 unspecified atom stereocenters. The number of likely N-dealkylation sites (tertiary alicyclic amines) is 1. The molecule has 10 nitrogen and oxygen atoms in total. The van der Waals surface area contributed by atoms with Gasteiger partial charge in [-0.3, -0.25) is 4.68 Å². The molecule has 2 aliphatic rings. The van der Waals surface area contributed by atoms with E-state index in [1.165, 1.54) is 53.2 Å². The molecule has 0 radical (unpaired) electrons. The van der Waals surface area contributed by atoms with E-state index < -0.39 is 0 Å². The van der Waals surface area contributed by atoms with Crippen molar-refractivity contribution >= 4 is 44.1 Å². The third kappa shape index (κ3) is 10.6. The van der Waals surface area contributed by atoms with Crippen molar-refractivity contribution in [2.45, 2.75) is 143 Å². The number of aryl methyl sites for hydroxylation is 2. The number of nitrogens with zero attached hydrogens (tertiary/aromatic N) is 10. The van der Waals surface area contributed by atoms with Crippen LogP contribution in [0.1, 0.15) is 143 Å². The Bertz CT molecular complexity index is 2820. The van der Waals surface area contributed by atoms with Crippen LogP contribution in [0.3, 0.4) is 0 Å². The molecular weight excluding hydrogens is 789 g/mol. The molecule has 1 saturated carbocycles. The van der Waals surface area contributed by atoms with Gasteiger partial charge < -0.3 is 18.6 Å². The summed E-state index contributed by atoms with van der Waals surface area (Å²) >= 11 is 0. The lowest BCUT2D eigenvalue weighted by molar-refractivity contribution is 0.143. The summed E-state index contributed by atoms with van der Waals surface area (Å²) < 4.78 is 8.59. The topological polar surface area (TPSA) is 87.4 Å². The van der Waals surface area contributed by atoms with Crippen molar-refractivity contribution in [3.05, 3.63) is 114 Å².